The first-order valence-corrected chi connectivity index (χ1v) is 6.14. The molecule has 0 atom stereocenters. The third kappa shape index (κ3) is 4.49. The van der Waals surface area contributed by atoms with Gasteiger partial charge in [0.25, 0.3) is 0 Å². The van der Waals surface area contributed by atoms with E-state index in [4.69, 9.17) is 0 Å². The van der Waals surface area contributed by atoms with Crippen LogP contribution in [0.2, 0.25) is 0 Å². The molecule has 0 bridgehead atoms. The predicted octanol–water partition coefficient (Wildman–Crippen LogP) is -1.31. The van der Waals surface area contributed by atoms with Crippen molar-refractivity contribution in [2.24, 2.45) is 5.18 Å². The molecule has 0 fully saturated rings. The van der Waals surface area contributed by atoms with Crippen LogP contribution in [0.1, 0.15) is 0 Å². The second-order valence-electron chi connectivity index (χ2n) is 2.28. The Morgan fingerprint density at radius 1 is 1.19 bits per heavy atom. The van der Waals surface area contributed by atoms with E-state index < -0.39 is 15.0 Å². The molecule has 2 N–H and O–H groups in total. The molecule has 0 radical (unpaired) electrons. The minimum atomic E-state index is -4.53. The van der Waals surface area contributed by atoms with Crippen molar-refractivity contribution in [1.29, 1.82) is 0 Å². The van der Waals surface area contributed by atoms with E-state index in [-0.39, 0.29) is 49.7 Å². The van der Waals surface area contributed by atoms with Crippen molar-refractivity contribution in [2.45, 2.75) is 4.90 Å². The zero-order valence-electron chi connectivity index (χ0n) is 7.90. The topological polar surface area (TPSA) is 118 Å². The number of rotatable bonds is 2. The van der Waals surface area contributed by atoms with Crippen molar-refractivity contribution < 1.29 is 48.0 Å². The standard InChI is InChI=1S/C6H3Br2NO4S.Na.H2O/c7-4-1-3(14(11,12)13)2-5(8)6(4)9-10;;/h1-2H,(H,11,12,13);;1H2/q;+1;/p-1. The summed E-state index contributed by atoms with van der Waals surface area (Å²) in [6.07, 6.45) is 0. The zero-order chi connectivity index (χ0) is 10.9. The van der Waals surface area contributed by atoms with E-state index in [1.165, 1.54) is 0 Å². The van der Waals surface area contributed by atoms with E-state index in [2.05, 4.69) is 37.0 Å². The van der Waals surface area contributed by atoms with Crippen LogP contribution in [0.5, 0.6) is 0 Å². The van der Waals surface area contributed by atoms with E-state index in [1.54, 1.807) is 0 Å². The van der Waals surface area contributed by atoms with Gasteiger partial charge in [-0.3, -0.25) is 0 Å². The zero-order valence-corrected chi connectivity index (χ0v) is 13.9. The van der Waals surface area contributed by atoms with Gasteiger partial charge in [-0.1, -0.05) is 0 Å². The first-order valence-electron chi connectivity index (χ1n) is 3.14. The number of benzene rings is 1. The largest absolute Gasteiger partial charge is 1.00 e. The van der Waals surface area contributed by atoms with Gasteiger partial charge in [-0.2, -0.15) is 0 Å². The van der Waals surface area contributed by atoms with Crippen molar-refractivity contribution in [3.05, 3.63) is 26.0 Å². The van der Waals surface area contributed by atoms with E-state index in [1.807, 2.05) is 0 Å². The van der Waals surface area contributed by atoms with Gasteiger partial charge in [-0.15, -0.1) is 4.91 Å². The van der Waals surface area contributed by atoms with Crippen molar-refractivity contribution in [2.75, 3.05) is 0 Å². The quantitative estimate of drug-likeness (QED) is 0.357. The number of nitrogens with zero attached hydrogens (tertiary/aromatic N) is 1. The van der Waals surface area contributed by atoms with E-state index in [0.717, 1.165) is 12.1 Å². The van der Waals surface area contributed by atoms with Crippen molar-refractivity contribution in [3.63, 3.8) is 0 Å². The molecule has 1 rings (SSSR count). The summed E-state index contributed by atoms with van der Waals surface area (Å²) < 4.78 is 32.2. The Bertz CT molecular complexity index is 469. The summed E-state index contributed by atoms with van der Waals surface area (Å²) in [6.45, 7) is 0. The van der Waals surface area contributed by atoms with Gasteiger partial charge in [0.05, 0.1) is 4.90 Å². The fourth-order valence-corrected chi connectivity index (χ4v) is 2.93. The van der Waals surface area contributed by atoms with Crippen molar-refractivity contribution in [1.82, 2.24) is 0 Å². The molecule has 0 saturated heterocycles. The molecular weight excluding hydrogens is 381 g/mol. The Morgan fingerprint density at radius 3 is 1.81 bits per heavy atom. The van der Waals surface area contributed by atoms with Crippen LogP contribution in [0.4, 0.5) is 5.69 Å². The summed E-state index contributed by atoms with van der Waals surface area (Å²) in [5, 5.41) is 2.65. The van der Waals surface area contributed by atoms with E-state index in [0.29, 0.717) is 0 Å². The van der Waals surface area contributed by atoms with Gasteiger partial charge < -0.3 is 10.0 Å². The molecule has 1 aromatic rings. The van der Waals surface area contributed by atoms with Crippen LogP contribution in [0.15, 0.2) is 31.2 Å². The Labute approximate surface area is 130 Å². The van der Waals surface area contributed by atoms with Crippen LogP contribution in [0, 0.1) is 4.91 Å². The molecule has 10 heteroatoms. The van der Waals surface area contributed by atoms with Gasteiger partial charge in [0.2, 0.25) is 0 Å². The van der Waals surface area contributed by atoms with Gasteiger partial charge >= 0.3 is 29.6 Å². The molecule has 0 heterocycles. The molecule has 0 aliphatic heterocycles. The summed E-state index contributed by atoms with van der Waals surface area (Å²) in [5.74, 6) is 0. The molecule has 0 amide bonds. The minimum Gasteiger partial charge on any atom is -0.744 e. The Morgan fingerprint density at radius 2 is 1.56 bits per heavy atom. The summed E-state index contributed by atoms with van der Waals surface area (Å²) in [6, 6.07) is 2.06. The molecule has 0 saturated carbocycles. The normalized spacial score (nSPS) is 9.94. The predicted molar refractivity (Wildman–Crippen MR) is 58.9 cm³/mol. The third-order valence-electron chi connectivity index (χ3n) is 1.37. The molecule has 0 unspecified atom stereocenters. The van der Waals surface area contributed by atoms with Crippen LogP contribution < -0.4 is 29.6 Å². The number of nitroso groups, excluding NO2 is 1. The van der Waals surface area contributed by atoms with Crippen LogP contribution in [0.25, 0.3) is 0 Å². The van der Waals surface area contributed by atoms with Gasteiger partial charge in [0.15, 0.2) is 0 Å². The van der Waals surface area contributed by atoms with Crippen LogP contribution in [-0.2, 0) is 10.1 Å². The van der Waals surface area contributed by atoms with Gasteiger partial charge in [-0.25, -0.2) is 8.42 Å². The van der Waals surface area contributed by atoms with E-state index >= 15 is 0 Å². The number of hydrogen-bond donors (Lipinski definition) is 0. The number of halogens is 2. The first kappa shape index (κ1) is 19.0. The maximum atomic E-state index is 10.6. The second-order valence-corrected chi connectivity index (χ2v) is 5.37. The SMILES string of the molecule is O.O=Nc1c(Br)cc(S(=O)(=O)[O-])cc1Br.[Na+]. The van der Waals surface area contributed by atoms with Gasteiger partial charge in [0, 0.05) is 8.95 Å². The molecule has 0 spiro atoms. The number of hydrogen-bond acceptors (Lipinski definition) is 5. The third-order valence-corrected chi connectivity index (χ3v) is 3.39. The maximum absolute atomic E-state index is 10.6. The van der Waals surface area contributed by atoms with Crippen molar-refractivity contribution >= 4 is 47.7 Å². The average molecular weight is 385 g/mol. The smallest absolute Gasteiger partial charge is 0.744 e. The molecule has 0 aliphatic rings. The Balaban J connectivity index is 0. The van der Waals surface area contributed by atoms with Crippen LogP contribution in [0.3, 0.4) is 0 Å². The molecule has 16 heavy (non-hydrogen) atoms. The Kier molecular flexibility index (Phi) is 8.51. The Hall–Kier alpha value is 0.650. The summed E-state index contributed by atoms with van der Waals surface area (Å²) in [4.78, 5) is 9.84. The minimum absolute atomic E-state index is 0. The van der Waals surface area contributed by atoms with Gasteiger partial charge in [-0.05, 0) is 49.2 Å². The summed E-state index contributed by atoms with van der Waals surface area (Å²) >= 11 is 5.85. The fraction of sp³-hybridized carbons (Fsp3) is 0. The van der Waals surface area contributed by atoms with Crippen LogP contribution >= 0.6 is 31.9 Å². The molecule has 0 aliphatic carbocycles. The fourth-order valence-electron chi connectivity index (χ4n) is 0.774. The van der Waals surface area contributed by atoms with Crippen LogP contribution in [-0.4, -0.2) is 18.4 Å². The molecule has 1 aromatic carbocycles. The summed E-state index contributed by atoms with van der Waals surface area (Å²) in [7, 11) is -4.53. The first-order chi connectivity index (χ1) is 6.36. The van der Waals surface area contributed by atoms with E-state index in [9.17, 15) is 17.9 Å². The maximum Gasteiger partial charge on any atom is 1.00 e. The average Bonchev–Trinajstić information content (AvgIpc) is 2.01. The molecule has 84 valence electrons. The molecule has 6 nitrogen and oxygen atoms in total. The van der Waals surface area contributed by atoms with Crippen molar-refractivity contribution in [3.8, 4) is 0 Å². The van der Waals surface area contributed by atoms with Gasteiger partial charge in [0.1, 0.15) is 15.8 Å². The molecule has 0 aromatic heterocycles. The monoisotopic (exact) mass is 383 g/mol. The summed E-state index contributed by atoms with van der Waals surface area (Å²) in [5.41, 5.74) is 0.0115. The second kappa shape index (κ2) is 7.17. The molecular formula is C6H4Br2NNaO5S.